The molecular weight excluding hydrogens is 406 g/mol. The molecule has 0 N–H and O–H groups in total. The first kappa shape index (κ1) is 14.6. The van der Waals surface area contributed by atoms with Gasteiger partial charge in [0.05, 0.1) is 9.85 Å². The number of rotatable bonds is 3. The highest BCUT2D eigenvalue weighted by Gasteiger charge is 2.50. The van der Waals surface area contributed by atoms with Gasteiger partial charge in [0, 0.05) is 15.5 Å². The SMILES string of the molecule is Fc1cc(Br)c(Cl)cc1C(Br)C1(c2ccccc2)CC1. The smallest absolute Gasteiger partial charge is 0.128 e. The van der Waals surface area contributed by atoms with Crippen molar-refractivity contribution < 1.29 is 4.39 Å². The Bertz CT molecular complexity index is 638. The average Bonchev–Trinajstić information content (AvgIpc) is 3.25. The lowest BCUT2D eigenvalue weighted by Crippen LogP contribution is -2.15. The molecule has 1 aliphatic rings. The van der Waals surface area contributed by atoms with E-state index in [0.717, 1.165) is 12.8 Å². The van der Waals surface area contributed by atoms with Crippen LogP contribution in [-0.4, -0.2) is 0 Å². The summed E-state index contributed by atoms with van der Waals surface area (Å²) in [6.07, 6.45) is 2.11. The Morgan fingerprint density at radius 2 is 1.80 bits per heavy atom. The normalized spacial score (nSPS) is 17.8. The van der Waals surface area contributed by atoms with Gasteiger partial charge in [0.2, 0.25) is 0 Å². The van der Waals surface area contributed by atoms with Crippen LogP contribution in [0, 0.1) is 5.82 Å². The zero-order valence-electron chi connectivity index (χ0n) is 10.5. The fourth-order valence-electron chi connectivity index (χ4n) is 2.62. The van der Waals surface area contributed by atoms with Gasteiger partial charge in [0.25, 0.3) is 0 Å². The van der Waals surface area contributed by atoms with E-state index >= 15 is 0 Å². The largest absolute Gasteiger partial charge is 0.207 e. The molecular formula is C16H12Br2ClF. The molecule has 0 spiro atoms. The van der Waals surface area contributed by atoms with Crippen molar-refractivity contribution in [3.05, 3.63) is 68.9 Å². The van der Waals surface area contributed by atoms with Crippen LogP contribution in [-0.2, 0) is 5.41 Å². The van der Waals surface area contributed by atoms with Gasteiger partial charge in [-0.2, -0.15) is 0 Å². The quantitative estimate of drug-likeness (QED) is 0.399. The highest BCUT2D eigenvalue weighted by Crippen LogP contribution is 2.60. The van der Waals surface area contributed by atoms with Gasteiger partial charge >= 0.3 is 0 Å². The molecule has 1 unspecified atom stereocenters. The van der Waals surface area contributed by atoms with Crippen molar-refractivity contribution >= 4 is 43.5 Å². The Morgan fingerprint density at radius 1 is 1.15 bits per heavy atom. The van der Waals surface area contributed by atoms with Crippen LogP contribution >= 0.6 is 43.5 Å². The molecule has 0 aromatic heterocycles. The summed E-state index contributed by atoms with van der Waals surface area (Å²) in [5.74, 6) is -0.231. The van der Waals surface area contributed by atoms with Crippen LogP contribution in [0.25, 0.3) is 0 Å². The minimum absolute atomic E-state index is 0.0146. The summed E-state index contributed by atoms with van der Waals surface area (Å²) in [4.78, 5) is -0.0667. The number of hydrogen-bond acceptors (Lipinski definition) is 0. The second-order valence-corrected chi connectivity index (χ2v) is 7.35. The van der Waals surface area contributed by atoms with E-state index in [-0.39, 0.29) is 16.1 Å². The fraction of sp³-hybridized carbons (Fsp3) is 0.250. The van der Waals surface area contributed by atoms with Crippen molar-refractivity contribution in [1.82, 2.24) is 0 Å². The van der Waals surface area contributed by atoms with E-state index in [2.05, 4.69) is 44.0 Å². The molecule has 3 rings (SSSR count). The summed E-state index contributed by atoms with van der Waals surface area (Å²) in [6.45, 7) is 0. The van der Waals surface area contributed by atoms with Gasteiger partial charge in [-0.3, -0.25) is 0 Å². The zero-order valence-corrected chi connectivity index (χ0v) is 14.5. The number of benzene rings is 2. The molecule has 2 aromatic carbocycles. The second-order valence-electron chi connectivity index (χ2n) is 5.17. The van der Waals surface area contributed by atoms with Gasteiger partial charge in [0.1, 0.15) is 5.82 Å². The first-order valence-electron chi connectivity index (χ1n) is 6.39. The maximum Gasteiger partial charge on any atom is 0.128 e. The lowest BCUT2D eigenvalue weighted by Gasteiger charge is -2.23. The van der Waals surface area contributed by atoms with E-state index < -0.39 is 0 Å². The van der Waals surface area contributed by atoms with Crippen molar-refractivity contribution in [3.8, 4) is 0 Å². The molecule has 20 heavy (non-hydrogen) atoms. The molecule has 0 radical (unpaired) electrons. The Hall–Kier alpha value is -0.380. The van der Waals surface area contributed by atoms with Gasteiger partial charge in [-0.05, 0) is 46.5 Å². The van der Waals surface area contributed by atoms with E-state index in [1.807, 2.05) is 18.2 Å². The molecule has 1 saturated carbocycles. The van der Waals surface area contributed by atoms with Crippen LogP contribution < -0.4 is 0 Å². The molecule has 0 nitrogen and oxygen atoms in total. The second kappa shape index (κ2) is 5.43. The van der Waals surface area contributed by atoms with Crippen LogP contribution in [0.5, 0.6) is 0 Å². The highest BCUT2D eigenvalue weighted by atomic mass is 79.9. The van der Waals surface area contributed by atoms with Gasteiger partial charge < -0.3 is 0 Å². The average molecular weight is 419 g/mol. The van der Waals surface area contributed by atoms with Crippen LogP contribution in [0.4, 0.5) is 4.39 Å². The maximum absolute atomic E-state index is 14.2. The van der Waals surface area contributed by atoms with Crippen LogP contribution in [0.2, 0.25) is 5.02 Å². The predicted molar refractivity (Wildman–Crippen MR) is 88.1 cm³/mol. The minimum Gasteiger partial charge on any atom is -0.207 e. The van der Waals surface area contributed by atoms with Crippen LogP contribution in [0.3, 0.4) is 0 Å². The van der Waals surface area contributed by atoms with Gasteiger partial charge in [-0.1, -0.05) is 57.9 Å². The lowest BCUT2D eigenvalue weighted by molar-refractivity contribution is 0.582. The van der Waals surface area contributed by atoms with Gasteiger partial charge in [-0.25, -0.2) is 4.39 Å². The lowest BCUT2D eigenvalue weighted by atomic mass is 9.88. The first-order chi connectivity index (χ1) is 9.54. The van der Waals surface area contributed by atoms with Crippen molar-refractivity contribution in [2.75, 3.05) is 0 Å². The Labute approximate surface area is 139 Å². The Kier molecular flexibility index (Phi) is 3.95. The third kappa shape index (κ3) is 2.44. The molecule has 104 valence electrons. The topological polar surface area (TPSA) is 0 Å². The third-order valence-corrected chi connectivity index (χ3v) is 6.50. The molecule has 0 heterocycles. The molecule has 2 aromatic rings. The summed E-state index contributed by atoms with van der Waals surface area (Å²) in [5.41, 5.74) is 1.86. The summed E-state index contributed by atoms with van der Waals surface area (Å²) in [6, 6.07) is 13.4. The van der Waals surface area contributed by atoms with Crippen molar-refractivity contribution in [1.29, 1.82) is 0 Å². The van der Waals surface area contributed by atoms with Crippen LogP contribution in [0.15, 0.2) is 46.9 Å². The fourth-order valence-corrected chi connectivity index (χ4v) is 4.18. The number of halogens is 4. The molecule has 0 amide bonds. The van der Waals surface area contributed by atoms with Gasteiger partial charge in [0.15, 0.2) is 0 Å². The summed E-state index contributed by atoms with van der Waals surface area (Å²) in [5, 5.41) is 0.537. The minimum atomic E-state index is -0.231. The van der Waals surface area contributed by atoms with E-state index in [4.69, 9.17) is 11.6 Å². The molecule has 4 heteroatoms. The van der Waals surface area contributed by atoms with E-state index in [1.54, 1.807) is 6.07 Å². The van der Waals surface area contributed by atoms with Crippen molar-refractivity contribution in [2.45, 2.75) is 23.1 Å². The highest BCUT2D eigenvalue weighted by molar-refractivity contribution is 9.10. The maximum atomic E-state index is 14.2. The molecule has 0 saturated heterocycles. The standard InChI is InChI=1S/C16H12Br2ClF/c17-12-9-14(20)11(8-13(12)19)15(18)16(6-7-16)10-4-2-1-3-5-10/h1-5,8-9,15H,6-7H2. The monoisotopic (exact) mass is 416 g/mol. The summed E-state index contributed by atoms with van der Waals surface area (Å²) >= 11 is 13.1. The first-order valence-corrected chi connectivity index (χ1v) is 8.47. The van der Waals surface area contributed by atoms with Crippen molar-refractivity contribution in [2.24, 2.45) is 0 Å². The zero-order chi connectivity index (χ0) is 14.3. The molecule has 1 atom stereocenters. The third-order valence-electron chi connectivity index (χ3n) is 3.94. The number of alkyl halides is 1. The van der Waals surface area contributed by atoms with E-state index in [0.29, 0.717) is 15.1 Å². The molecule has 0 aliphatic heterocycles. The van der Waals surface area contributed by atoms with E-state index in [9.17, 15) is 4.39 Å². The molecule has 0 bridgehead atoms. The van der Waals surface area contributed by atoms with Gasteiger partial charge in [-0.15, -0.1) is 0 Å². The number of hydrogen-bond donors (Lipinski definition) is 0. The molecule has 1 aliphatic carbocycles. The Morgan fingerprint density at radius 3 is 2.40 bits per heavy atom. The van der Waals surface area contributed by atoms with E-state index in [1.165, 1.54) is 11.6 Å². The Balaban J connectivity index is 2.01. The molecule has 1 fully saturated rings. The summed E-state index contributed by atoms with van der Waals surface area (Å²) in [7, 11) is 0. The summed E-state index contributed by atoms with van der Waals surface area (Å²) < 4.78 is 14.8. The predicted octanol–water partition coefficient (Wildman–Crippen LogP) is 6.41. The van der Waals surface area contributed by atoms with Crippen molar-refractivity contribution in [3.63, 3.8) is 0 Å². The van der Waals surface area contributed by atoms with Crippen LogP contribution in [0.1, 0.15) is 28.8 Å².